The van der Waals surface area contributed by atoms with Crippen molar-refractivity contribution in [3.8, 4) is 0 Å². The van der Waals surface area contributed by atoms with E-state index in [4.69, 9.17) is 5.11 Å². The van der Waals surface area contributed by atoms with Crippen molar-refractivity contribution in [1.82, 2.24) is 0 Å². The summed E-state index contributed by atoms with van der Waals surface area (Å²) in [5.41, 5.74) is -0.357. The Balaban J connectivity index is 2.38. The van der Waals surface area contributed by atoms with Crippen LogP contribution in [0.4, 0.5) is 24.5 Å². The second-order valence-corrected chi connectivity index (χ2v) is 4.21. The first-order valence-corrected chi connectivity index (χ1v) is 5.64. The lowest BCUT2D eigenvalue weighted by molar-refractivity contribution is 0.0696. The number of hydrogen-bond donors (Lipinski definition) is 2. The normalized spacial score (nSPS) is 10.4. The van der Waals surface area contributed by atoms with Crippen LogP contribution in [0.3, 0.4) is 0 Å². The Morgan fingerprint density at radius 3 is 2.15 bits per heavy atom. The average molecular weight is 281 g/mol. The number of nitrogens with one attached hydrogen (secondary N) is 1. The number of carbonyl (C=O) groups is 1. The Morgan fingerprint density at radius 2 is 1.65 bits per heavy atom. The van der Waals surface area contributed by atoms with E-state index in [1.807, 2.05) is 0 Å². The predicted molar refractivity (Wildman–Crippen MR) is 67.7 cm³/mol. The van der Waals surface area contributed by atoms with Crippen molar-refractivity contribution in [3.63, 3.8) is 0 Å². The van der Waals surface area contributed by atoms with Crippen molar-refractivity contribution in [2.75, 3.05) is 5.32 Å². The molecule has 0 amide bonds. The monoisotopic (exact) mass is 281 g/mol. The third-order valence-corrected chi connectivity index (χ3v) is 2.72. The molecule has 0 saturated heterocycles. The molecule has 3 nitrogen and oxygen atoms in total. The fraction of sp³-hybridized carbons (Fsp3) is 0.0714. The van der Waals surface area contributed by atoms with Gasteiger partial charge in [0.15, 0.2) is 11.6 Å². The smallest absolute Gasteiger partial charge is 0.335 e. The highest BCUT2D eigenvalue weighted by atomic mass is 19.1. The second kappa shape index (κ2) is 5.24. The minimum absolute atomic E-state index is 0.296. The molecular formula is C14H10F3NO2. The lowest BCUT2D eigenvalue weighted by Crippen LogP contribution is -2.03. The average Bonchev–Trinajstić information content (AvgIpc) is 2.37. The molecule has 104 valence electrons. The van der Waals surface area contributed by atoms with Crippen molar-refractivity contribution in [3.05, 3.63) is 58.9 Å². The number of carboxylic acid groups (broad SMARTS) is 1. The Labute approximate surface area is 112 Å². The highest BCUT2D eigenvalue weighted by Crippen LogP contribution is 2.25. The molecule has 0 spiro atoms. The first-order chi connectivity index (χ1) is 9.38. The Morgan fingerprint density at radius 1 is 1.05 bits per heavy atom. The summed E-state index contributed by atoms with van der Waals surface area (Å²) in [6.45, 7) is 1.51. The predicted octanol–water partition coefficient (Wildman–Crippen LogP) is 3.85. The molecule has 0 radical (unpaired) electrons. The summed E-state index contributed by atoms with van der Waals surface area (Å²) < 4.78 is 40.5. The van der Waals surface area contributed by atoms with Gasteiger partial charge >= 0.3 is 5.97 Å². The molecule has 0 aliphatic heterocycles. The second-order valence-electron chi connectivity index (χ2n) is 4.21. The number of rotatable bonds is 3. The summed E-state index contributed by atoms with van der Waals surface area (Å²) in [7, 11) is 0. The highest BCUT2D eigenvalue weighted by Gasteiger charge is 2.15. The molecule has 0 unspecified atom stereocenters. The summed E-state index contributed by atoms with van der Waals surface area (Å²) >= 11 is 0. The molecule has 0 aliphatic rings. The molecule has 20 heavy (non-hydrogen) atoms. The van der Waals surface area contributed by atoms with Gasteiger partial charge in [0.05, 0.1) is 5.56 Å². The van der Waals surface area contributed by atoms with Gasteiger partial charge in [-0.15, -0.1) is 0 Å². The van der Waals surface area contributed by atoms with Gasteiger partial charge in [0, 0.05) is 5.69 Å². The van der Waals surface area contributed by atoms with Crippen molar-refractivity contribution in [2.24, 2.45) is 0 Å². The standard InChI is InChI=1S/C14H10F3NO2/c1-7-4-9(2-3-10(7)15)18-13-11(16)5-8(14(19)20)6-12(13)17/h2-6,18H,1H3,(H,19,20). The molecule has 0 aromatic heterocycles. The summed E-state index contributed by atoms with van der Waals surface area (Å²) in [6, 6.07) is 5.30. The van der Waals surface area contributed by atoms with E-state index in [0.29, 0.717) is 23.4 Å². The summed E-state index contributed by atoms with van der Waals surface area (Å²) in [5, 5.41) is 11.2. The van der Waals surface area contributed by atoms with Crippen LogP contribution in [0.2, 0.25) is 0 Å². The number of halogens is 3. The van der Waals surface area contributed by atoms with E-state index in [-0.39, 0.29) is 0 Å². The number of anilines is 2. The summed E-state index contributed by atoms with van der Waals surface area (Å²) in [4.78, 5) is 10.7. The SMILES string of the molecule is Cc1cc(Nc2c(F)cc(C(=O)O)cc2F)ccc1F. The van der Waals surface area contributed by atoms with Gasteiger partial charge in [-0.1, -0.05) is 0 Å². The molecule has 0 heterocycles. The van der Waals surface area contributed by atoms with E-state index in [1.54, 1.807) is 0 Å². The van der Waals surface area contributed by atoms with Crippen molar-refractivity contribution in [2.45, 2.75) is 6.92 Å². The van der Waals surface area contributed by atoms with Gasteiger partial charge < -0.3 is 10.4 Å². The quantitative estimate of drug-likeness (QED) is 0.898. The van der Waals surface area contributed by atoms with Crippen LogP contribution in [0, 0.1) is 24.4 Å². The van der Waals surface area contributed by atoms with Crippen LogP contribution in [0.15, 0.2) is 30.3 Å². The first kappa shape index (κ1) is 13.9. The molecule has 0 saturated carbocycles. The molecule has 2 N–H and O–H groups in total. The fourth-order valence-electron chi connectivity index (χ4n) is 1.68. The third-order valence-electron chi connectivity index (χ3n) is 2.72. The van der Waals surface area contributed by atoms with Crippen LogP contribution >= 0.6 is 0 Å². The van der Waals surface area contributed by atoms with Crippen LogP contribution < -0.4 is 5.32 Å². The van der Waals surface area contributed by atoms with Gasteiger partial charge in [0.1, 0.15) is 11.5 Å². The molecule has 0 fully saturated rings. The number of aryl methyl sites for hydroxylation is 1. The lowest BCUT2D eigenvalue weighted by atomic mass is 10.1. The topological polar surface area (TPSA) is 49.3 Å². The minimum Gasteiger partial charge on any atom is -0.478 e. The maximum atomic E-state index is 13.7. The number of carboxylic acids is 1. The number of hydrogen-bond acceptors (Lipinski definition) is 2. The van der Waals surface area contributed by atoms with E-state index in [1.165, 1.54) is 25.1 Å². The molecule has 0 atom stereocenters. The van der Waals surface area contributed by atoms with Crippen LogP contribution in [0.5, 0.6) is 0 Å². The zero-order chi connectivity index (χ0) is 14.9. The van der Waals surface area contributed by atoms with Gasteiger partial charge in [-0.3, -0.25) is 0 Å². The zero-order valence-corrected chi connectivity index (χ0v) is 10.4. The largest absolute Gasteiger partial charge is 0.478 e. The maximum Gasteiger partial charge on any atom is 0.335 e. The fourth-order valence-corrected chi connectivity index (χ4v) is 1.68. The zero-order valence-electron chi connectivity index (χ0n) is 10.4. The maximum absolute atomic E-state index is 13.7. The van der Waals surface area contributed by atoms with Gasteiger partial charge in [0.2, 0.25) is 0 Å². The van der Waals surface area contributed by atoms with Gasteiger partial charge in [0.25, 0.3) is 0 Å². The van der Waals surface area contributed by atoms with Crippen molar-refractivity contribution >= 4 is 17.3 Å². The third kappa shape index (κ3) is 2.74. The van der Waals surface area contributed by atoms with Gasteiger partial charge in [-0.25, -0.2) is 18.0 Å². The van der Waals surface area contributed by atoms with Gasteiger partial charge in [-0.05, 0) is 42.8 Å². The van der Waals surface area contributed by atoms with Crippen molar-refractivity contribution in [1.29, 1.82) is 0 Å². The van der Waals surface area contributed by atoms with Crippen LogP contribution in [0.1, 0.15) is 15.9 Å². The Hall–Kier alpha value is -2.50. The lowest BCUT2D eigenvalue weighted by Gasteiger charge is -2.10. The molecule has 0 bridgehead atoms. The first-order valence-electron chi connectivity index (χ1n) is 5.64. The van der Waals surface area contributed by atoms with E-state index in [9.17, 15) is 18.0 Å². The van der Waals surface area contributed by atoms with E-state index < -0.39 is 34.7 Å². The molecule has 2 aromatic rings. The minimum atomic E-state index is -1.42. The van der Waals surface area contributed by atoms with E-state index in [2.05, 4.69) is 5.32 Å². The molecule has 2 rings (SSSR count). The molecule has 6 heteroatoms. The van der Waals surface area contributed by atoms with Crippen molar-refractivity contribution < 1.29 is 23.1 Å². The van der Waals surface area contributed by atoms with Crippen LogP contribution in [-0.2, 0) is 0 Å². The number of aromatic carboxylic acids is 1. The van der Waals surface area contributed by atoms with Gasteiger partial charge in [-0.2, -0.15) is 0 Å². The molecule has 0 aliphatic carbocycles. The van der Waals surface area contributed by atoms with Crippen LogP contribution in [0.25, 0.3) is 0 Å². The molecule has 2 aromatic carbocycles. The molecular weight excluding hydrogens is 271 g/mol. The summed E-state index contributed by atoms with van der Waals surface area (Å²) in [6.07, 6.45) is 0. The van der Waals surface area contributed by atoms with Crippen LogP contribution in [-0.4, -0.2) is 11.1 Å². The highest BCUT2D eigenvalue weighted by molar-refractivity contribution is 5.88. The van der Waals surface area contributed by atoms with E-state index >= 15 is 0 Å². The number of benzene rings is 2. The Bertz CT molecular complexity index is 663. The Kier molecular flexibility index (Phi) is 3.65. The summed E-state index contributed by atoms with van der Waals surface area (Å²) in [5.74, 6) is -3.93. The van der Waals surface area contributed by atoms with E-state index in [0.717, 1.165) is 0 Å².